The molecule has 102 valence electrons. The first-order valence-electron chi connectivity index (χ1n) is 6.89. The second kappa shape index (κ2) is 4.31. The Hall–Kier alpha value is -1.88. The van der Waals surface area contributed by atoms with Gasteiger partial charge < -0.3 is 0 Å². The minimum atomic E-state index is 0.0400. The summed E-state index contributed by atoms with van der Waals surface area (Å²) in [5, 5.41) is 0.827. The number of aryl methyl sites for hydroxylation is 1. The fourth-order valence-electron chi connectivity index (χ4n) is 2.96. The van der Waals surface area contributed by atoms with Gasteiger partial charge in [-0.1, -0.05) is 6.92 Å². The Morgan fingerprint density at radius 2 is 2.15 bits per heavy atom. The van der Waals surface area contributed by atoms with E-state index < -0.39 is 0 Å². The standard InChI is InChI=1S/C15H15N3OS/c1-10-4-5-11-12(8-10)20-14-13(11)15(19)18(9-16-14)17-6-2-3-7-17/h2-3,6-7,9-10H,4-5,8H2,1H3. The summed E-state index contributed by atoms with van der Waals surface area (Å²) in [5.41, 5.74) is 1.28. The van der Waals surface area contributed by atoms with Crippen molar-refractivity contribution in [3.8, 4) is 0 Å². The van der Waals surface area contributed by atoms with E-state index in [1.165, 1.54) is 10.4 Å². The summed E-state index contributed by atoms with van der Waals surface area (Å²) in [4.78, 5) is 19.5. The lowest BCUT2D eigenvalue weighted by atomic mass is 9.89. The number of hydrogen-bond donors (Lipinski definition) is 0. The highest BCUT2D eigenvalue weighted by molar-refractivity contribution is 7.18. The second-order valence-corrected chi connectivity index (χ2v) is 6.57. The van der Waals surface area contributed by atoms with Gasteiger partial charge in [-0.25, -0.2) is 9.66 Å². The van der Waals surface area contributed by atoms with Gasteiger partial charge >= 0.3 is 0 Å². The molecule has 1 unspecified atom stereocenters. The van der Waals surface area contributed by atoms with Crippen LogP contribution in [0.15, 0.2) is 35.6 Å². The van der Waals surface area contributed by atoms with Crippen LogP contribution in [-0.4, -0.2) is 14.3 Å². The van der Waals surface area contributed by atoms with Crippen LogP contribution < -0.4 is 5.56 Å². The highest BCUT2D eigenvalue weighted by atomic mass is 32.1. The molecule has 3 heterocycles. The first kappa shape index (κ1) is 11.9. The molecule has 0 N–H and O–H groups in total. The summed E-state index contributed by atoms with van der Waals surface area (Å²) < 4.78 is 3.34. The lowest BCUT2D eigenvalue weighted by Crippen LogP contribution is -2.25. The van der Waals surface area contributed by atoms with E-state index in [0.717, 1.165) is 29.5 Å². The second-order valence-electron chi connectivity index (χ2n) is 5.49. The fraction of sp³-hybridized carbons (Fsp3) is 0.333. The molecule has 3 aromatic heterocycles. The van der Waals surface area contributed by atoms with Gasteiger partial charge in [-0.15, -0.1) is 11.3 Å². The molecule has 0 aliphatic heterocycles. The van der Waals surface area contributed by atoms with Crippen molar-refractivity contribution in [1.82, 2.24) is 14.3 Å². The number of thiophene rings is 1. The Balaban J connectivity index is 2.00. The highest BCUT2D eigenvalue weighted by Gasteiger charge is 2.23. The molecule has 4 nitrogen and oxygen atoms in total. The van der Waals surface area contributed by atoms with E-state index in [-0.39, 0.29) is 5.56 Å². The molecule has 0 aromatic carbocycles. The van der Waals surface area contributed by atoms with Crippen LogP contribution in [0.4, 0.5) is 0 Å². The number of aromatic nitrogens is 3. The van der Waals surface area contributed by atoms with Crippen LogP contribution in [-0.2, 0) is 12.8 Å². The van der Waals surface area contributed by atoms with Crippen molar-refractivity contribution >= 4 is 21.6 Å². The van der Waals surface area contributed by atoms with Crippen molar-refractivity contribution < 1.29 is 0 Å². The first-order chi connectivity index (χ1) is 9.74. The highest BCUT2D eigenvalue weighted by Crippen LogP contribution is 2.35. The quantitative estimate of drug-likeness (QED) is 0.689. The average molecular weight is 285 g/mol. The summed E-state index contributed by atoms with van der Waals surface area (Å²) in [6.45, 7) is 2.28. The van der Waals surface area contributed by atoms with Crippen molar-refractivity contribution in [1.29, 1.82) is 0 Å². The Labute approximate surface area is 120 Å². The third kappa shape index (κ3) is 1.66. The van der Waals surface area contributed by atoms with E-state index in [2.05, 4.69) is 11.9 Å². The molecule has 1 atom stereocenters. The van der Waals surface area contributed by atoms with E-state index in [1.54, 1.807) is 27.0 Å². The monoisotopic (exact) mass is 285 g/mol. The molecule has 0 radical (unpaired) electrons. The third-order valence-electron chi connectivity index (χ3n) is 4.04. The Kier molecular flexibility index (Phi) is 2.57. The van der Waals surface area contributed by atoms with E-state index in [4.69, 9.17) is 0 Å². The molecule has 0 spiro atoms. The average Bonchev–Trinajstić information content (AvgIpc) is 3.05. The van der Waals surface area contributed by atoms with Gasteiger partial charge in [0.05, 0.1) is 5.39 Å². The van der Waals surface area contributed by atoms with Gasteiger partial charge in [0.2, 0.25) is 0 Å². The Morgan fingerprint density at radius 1 is 1.35 bits per heavy atom. The molecule has 1 aliphatic rings. The van der Waals surface area contributed by atoms with Crippen LogP contribution in [0.1, 0.15) is 23.8 Å². The van der Waals surface area contributed by atoms with Crippen LogP contribution in [0.5, 0.6) is 0 Å². The van der Waals surface area contributed by atoms with E-state index in [1.807, 2.05) is 24.5 Å². The van der Waals surface area contributed by atoms with Gasteiger partial charge in [-0.05, 0) is 42.9 Å². The van der Waals surface area contributed by atoms with Crippen LogP contribution in [0.2, 0.25) is 0 Å². The van der Waals surface area contributed by atoms with Crippen molar-refractivity contribution in [2.75, 3.05) is 0 Å². The smallest absolute Gasteiger partial charge is 0.267 e. The van der Waals surface area contributed by atoms with Gasteiger partial charge in [0, 0.05) is 17.3 Å². The zero-order valence-electron chi connectivity index (χ0n) is 11.2. The SMILES string of the molecule is CC1CCc2c(sc3ncn(-n4cccc4)c(=O)c23)C1. The summed E-state index contributed by atoms with van der Waals surface area (Å²) >= 11 is 1.69. The lowest BCUT2D eigenvalue weighted by Gasteiger charge is -2.17. The predicted octanol–water partition coefficient (Wildman–Crippen LogP) is 2.70. The van der Waals surface area contributed by atoms with E-state index >= 15 is 0 Å². The maximum atomic E-state index is 12.8. The van der Waals surface area contributed by atoms with Gasteiger partial charge in [-0.2, -0.15) is 0 Å². The summed E-state index contributed by atoms with van der Waals surface area (Å²) in [5.74, 6) is 0.710. The van der Waals surface area contributed by atoms with Gasteiger partial charge in [-0.3, -0.25) is 9.47 Å². The molecule has 4 rings (SSSR count). The maximum Gasteiger partial charge on any atom is 0.281 e. The number of rotatable bonds is 1. The molecule has 0 bridgehead atoms. The maximum absolute atomic E-state index is 12.8. The molecule has 0 saturated heterocycles. The Bertz CT molecular complexity index is 829. The van der Waals surface area contributed by atoms with Crippen LogP contribution >= 0.6 is 11.3 Å². The number of fused-ring (bicyclic) bond motifs is 3. The van der Waals surface area contributed by atoms with Crippen LogP contribution in [0, 0.1) is 5.92 Å². The van der Waals surface area contributed by atoms with Crippen molar-refractivity contribution in [2.45, 2.75) is 26.2 Å². The topological polar surface area (TPSA) is 39.8 Å². The van der Waals surface area contributed by atoms with Gasteiger partial charge in [0.1, 0.15) is 11.2 Å². The fourth-order valence-corrected chi connectivity index (χ4v) is 4.30. The Morgan fingerprint density at radius 3 is 2.95 bits per heavy atom. The zero-order chi connectivity index (χ0) is 13.7. The molecular weight excluding hydrogens is 270 g/mol. The van der Waals surface area contributed by atoms with E-state index in [9.17, 15) is 4.79 Å². The zero-order valence-corrected chi connectivity index (χ0v) is 12.1. The lowest BCUT2D eigenvalue weighted by molar-refractivity contribution is 0.509. The summed E-state index contributed by atoms with van der Waals surface area (Å²) in [7, 11) is 0. The molecule has 0 saturated carbocycles. The summed E-state index contributed by atoms with van der Waals surface area (Å²) in [6.07, 6.45) is 8.58. The molecule has 3 aromatic rings. The van der Waals surface area contributed by atoms with Gasteiger partial charge in [0.25, 0.3) is 5.56 Å². The van der Waals surface area contributed by atoms with Crippen molar-refractivity contribution in [3.05, 3.63) is 51.6 Å². The van der Waals surface area contributed by atoms with Crippen LogP contribution in [0.25, 0.3) is 10.2 Å². The summed E-state index contributed by atoms with van der Waals surface area (Å²) in [6, 6.07) is 3.81. The molecule has 20 heavy (non-hydrogen) atoms. The number of hydrogen-bond acceptors (Lipinski definition) is 3. The molecular formula is C15H15N3OS. The normalized spacial score (nSPS) is 18.4. The van der Waals surface area contributed by atoms with Crippen molar-refractivity contribution in [3.63, 3.8) is 0 Å². The van der Waals surface area contributed by atoms with Crippen molar-refractivity contribution in [2.24, 2.45) is 5.92 Å². The molecule has 0 amide bonds. The minimum Gasteiger partial charge on any atom is -0.267 e. The molecule has 5 heteroatoms. The minimum absolute atomic E-state index is 0.0400. The molecule has 1 aliphatic carbocycles. The largest absolute Gasteiger partial charge is 0.281 e. The van der Waals surface area contributed by atoms with E-state index in [0.29, 0.717) is 5.92 Å². The van der Waals surface area contributed by atoms with Crippen LogP contribution in [0.3, 0.4) is 0 Å². The third-order valence-corrected chi connectivity index (χ3v) is 5.20. The van der Waals surface area contributed by atoms with Gasteiger partial charge in [0.15, 0.2) is 0 Å². The predicted molar refractivity (Wildman–Crippen MR) is 80.3 cm³/mol. The first-order valence-corrected chi connectivity index (χ1v) is 7.71. The molecule has 0 fully saturated rings. The number of nitrogens with zero attached hydrogens (tertiary/aromatic N) is 3.